The quantitative estimate of drug-likeness (QED) is 0.800. The van der Waals surface area contributed by atoms with Gasteiger partial charge >= 0.3 is 0 Å². The summed E-state index contributed by atoms with van der Waals surface area (Å²) in [6.45, 7) is 12.9. The van der Waals surface area contributed by atoms with Gasteiger partial charge in [0, 0.05) is 18.6 Å². The maximum Gasteiger partial charge on any atom is 0.0900 e. The molecule has 2 rings (SSSR count). The van der Waals surface area contributed by atoms with Gasteiger partial charge in [-0.15, -0.1) is 0 Å². The number of β-amino-alcohol motifs (C(OH)–C–C–N with tert-alkyl or cyclic N) is 1. The van der Waals surface area contributed by atoms with Crippen molar-refractivity contribution in [2.45, 2.75) is 104 Å². The molecule has 2 fully saturated rings. The van der Waals surface area contributed by atoms with Crippen LogP contribution in [0.2, 0.25) is 0 Å². The first-order valence-electron chi connectivity index (χ1n) is 9.82. The number of aliphatic hydroxyl groups is 1. The summed E-state index contributed by atoms with van der Waals surface area (Å²) in [6.07, 6.45) is 8.70. The van der Waals surface area contributed by atoms with E-state index < -0.39 is 0 Å². The second-order valence-corrected chi connectivity index (χ2v) is 9.15. The fraction of sp³-hybridized carbons (Fsp3) is 1.00. The van der Waals surface area contributed by atoms with Gasteiger partial charge in [-0.05, 0) is 63.7 Å². The lowest BCUT2D eigenvalue weighted by Crippen LogP contribution is -3.00. The van der Waals surface area contributed by atoms with Crippen LogP contribution in [0.4, 0.5) is 0 Å². The summed E-state index contributed by atoms with van der Waals surface area (Å²) in [4.78, 5) is 2.47. The Morgan fingerprint density at radius 3 is 2.04 bits per heavy atom. The first kappa shape index (κ1) is 22.2. The average molecular weight is 361 g/mol. The minimum Gasteiger partial charge on any atom is -1.00 e. The largest absolute Gasteiger partial charge is 1.00 e. The van der Waals surface area contributed by atoms with Crippen LogP contribution in [-0.2, 0) is 4.74 Å². The van der Waals surface area contributed by atoms with Gasteiger partial charge in [0.1, 0.15) is 0 Å². The summed E-state index contributed by atoms with van der Waals surface area (Å²) < 4.78 is 6.04. The molecule has 4 heteroatoms. The lowest BCUT2D eigenvalue weighted by Gasteiger charge is -2.40. The van der Waals surface area contributed by atoms with E-state index in [1.165, 1.54) is 32.1 Å². The van der Waals surface area contributed by atoms with Gasteiger partial charge in [0.2, 0.25) is 0 Å². The first-order chi connectivity index (χ1) is 10.8. The van der Waals surface area contributed by atoms with Crippen LogP contribution in [0, 0.1) is 11.3 Å². The molecule has 0 spiro atoms. The molecule has 144 valence electrons. The summed E-state index contributed by atoms with van der Waals surface area (Å²) in [5, 5.41) is 10.4. The SMILES string of the molecule is CC1CCCC(C)N1CC(O)COC1CCC(C(C)(C)C)CC1.[Cl-]. The van der Waals surface area contributed by atoms with Gasteiger partial charge in [0.25, 0.3) is 0 Å². The number of aliphatic hydroxyl groups excluding tert-OH is 1. The fourth-order valence-corrected chi connectivity index (χ4v) is 4.47. The molecule has 1 saturated carbocycles. The number of hydrogen-bond acceptors (Lipinski definition) is 3. The normalized spacial score (nSPS) is 33.8. The van der Waals surface area contributed by atoms with E-state index in [1.54, 1.807) is 0 Å². The lowest BCUT2D eigenvalue weighted by atomic mass is 9.72. The molecule has 0 amide bonds. The summed E-state index contributed by atoms with van der Waals surface area (Å²) in [6, 6.07) is 1.19. The van der Waals surface area contributed by atoms with Crippen molar-refractivity contribution in [3.8, 4) is 0 Å². The highest BCUT2D eigenvalue weighted by Gasteiger charge is 2.31. The first-order valence-corrected chi connectivity index (χ1v) is 9.82. The Morgan fingerprint density at radius 2 is 1.54 bits per heavy atom. The van der Waals surface area contributed by atoms with E-state index in [4.69, 9.17) is 4.74 Å². The van der Waals surface area contributed by atoms with Crippen LogP contribution in [0.25, 0.3) is 0 Å². The molecule has 0 aromatic heterocycles. The molecule has 24 heavy (non-hydrogen) atoms. The topological polar surface area (TPSA) is 32.7 Å². The smallest absolute Gasteiger partial charge is 0.0900 e. The maximum atomic E-state index is 10.4. The Kier molecular flexibility index (Phi) is 9.03. The van der Waals surface area contributed by atoms with Crippen LogP contribution in [-0.4, -0.2) is 47.4 Å². The molecule has 1 N–H and O–H groups in total. The maximum absolute atomic E-state index is 10.4. The predicted molar refractivity (Wildman–Crippen MR) is 96.6 cm³/mol. The Bertz CT molecular complexity index is 340. The van der Waals surface area contributed by atoms with E-state index in [2.05, 4.69) is 39.5 Å². The molecule has 3 unspecified atom stereocenters. The molecule has 2 aliphatic rings. The zero-order valence-electron chi connectivity index (χ0n) is 16.4. The van der Waals surface area contributed by atoms with E-state index >= 15 is 0 Å². The number of rotatable bonds is 5. The van der Waals surface area contributed by atoms with E-state index in [0.29, 0.717) is 30.2 Å². The van der Waals surface area contributed by atoms with Crippen LogP contribution in [0.3, 0.4) is 0 Å². The molecule has 0 aromatic carbocycles. The second-order valence-electron chi connectivity index (χ2n) is 9.15. The third kappa shape index (κ3) is 6.48. The van der Waals surface area contributed by atoms with Crippen molar-refractivity contribution in [3.05, 3.63) is 0 Å². The molecule has 3 nitrogen and oxygen atoms in total. The van der Waals surface area contributed by atoms with Crippen molar-refractivity contribution in [2.24, 2.45) is 11.3 Å². The molecule has 0 aromatic rings. The summed E-state index contributed by atoms with van der Waals surface area (Å²) in [5.74, 6) is 0.822. The zero-order valence-corrected chi connectivity index (χ0v) is 17.2. The summed E-state index contributed by atoms with van der Waals surface area (Å²) in [7, 11) is 0. The van der Waals surface area contributed by atoms with Crippen molar-refractivity contribution in [1.29, 1.82) is 0 Å². The van der Waals surface area contributed by atoms with Crippen LogP contribution >= 0.6 is 0 Å². The van der Waals surface area contributed by atoms with Gasteiger partial charge in [0.05, 0.1) is 18.8 Å². The molecule has 0 bridgehead atoms. The van der Waals surface area contributed by atoms with E-state index in [0.717, 1.165) is 25.3 Å². The summed E-state index contributed by atoms with van der Waals surface area (Å²) in [5.41, 5.74) is 0.422. The number of likely N-dealkylation sites (tertiary alicyclic amines) is 1. The van der Waals surface area contributed by atoms with Crippen LogP contribution < -0.4 is 12.4 Å². The Morgan fingerprint density at radius 1 is 1.00 bits per heavy atom. The van der Waals surface area contributed by atoms with Crippen molar-refractivity contribution >= 4 is 0 Å². The van der Waals surface area contributed by atoms with Crippen molar-refractivity contribution in [1.82, 2.24) is 4.90 Å². The predicted octanol–water partition coefficient (Wildman–Crippen LogP) is 1.24. The zero-order chi connectivity index (χ0) is 17.0. The molecular formula is C20H39ClNO2-. The number of hydrogen-bond donors (Lipinski definition) is 1. The fourth-order valence-electron chi connectivity index (χ4n) is 4.47. The number of ether oxygens (including phenoxy) is 1. The third-order valence-electron chi connectivity index (χ3n) is 6.22. The van der Waals surface area contributed by atoms with E-state index in [-0.39, 0.29) is 18.5 Å². The average Bonchev–Trinajstić information content (AvgIpc) is 2.48. The highest BCUT2D eigenvalue weighted by atomic mass is 35.5. The van der Waals surface area contributed by atoms with Crippen molar-refractivity contribution in [3.63, 3.8) is 0 Å². The van der Waals surface area contributed by atoms with Gasteiger partial charge < -0.3 is 22.3 Å². The third-order valence-corrected chi connectivity index (χ3v) is 6.22. The van der Waals surface area contributed by atoms with Crippen molar-refractivity contribution in [2.75, 3.05) is 13.2 Å². The Balaban J connectivity index is 0.00000288. The van der Waals surface area contributed by atoms with E-state index in [1.807, 2.05) is 0 Å². The highest BCUT2D eigenvalue weighted by Crippen LogP contribution is 2.38. The Hall–Kier alpha value is 0.170. The number of piperidine rings is 1. The summed E-state index contributed by atoms with van der Waals surface area (Å²) >= 11 is 0. The van der Waals surface area contributed by atoms with Crippen LogP contribution in [0.5, 0.6) is 0 Å². The van der Waals surface area contributed by atoms with E-state index in [9.17, 15) is 5.11 Å². The van der Waals surface area contributed by atoms with Crippen LogP contribution in [0.1, 0.15) is 79.6 Å². The molecule has 1 aliphatic heterocycles. The highest BCUT2D eigenvalue weighted by molar-refractivity contribution is 4.83. The lowest BCUT2D eigenvalue weighted by molar-refractivity contribution is -0.0536. The minimum absolute atomic E-state index is 0. The minimum atomic E-state index is -0.349. The molecule has 1 saturated heterocycles. The van der Waals surface area contributed by atoms with Gasteiger partial charge in [-0.2, -0.15) is 0 Å². The molecule has 3 atom stereocenters. The standard InChI is InChI=1S/C20H39NO2.ClH/c1-15-7-6-8-16(2)21(15)13-18(22)14-23-19-11-9-17(10-12-19)20(3,4)5;/h15-19,22H,6-14H2,1-5H3;1H/p-1. The second kappa shape index (κ2) is 9.75. The Labute approximate surface area is 155 Å². The molecule has 0 radical (unpaired) electrons. The van der Waals surface area contributed by atoms with Crippen molar-refractivity contribution < 1.29 is 22.3 Å². The number of nitrogens with zero attached hydrogens (tertiary/aromatic N) is 1. The van der Waals surface area contributed by atoms with Gasteiger partial charge in [0.15, 0.2) is 0 Å². The van der Waals surface area contributed by atoms with Gasteiger partial charge in [-0.25, -0.2) is 0 Å². The monoisotopic (exact) mass is 360 g/mol. The molecular weight excluding hydrogens is 322 g/mol. The van der Waals surface area contributed by atoms with Gasteiger partial charge in [-0.3, -0.25) is 4.90 Å². The number of halogens is 1. The van der Waals surface area contributed by atoms with Crippen LogP contribution in [0.15, 0.2) is 0 Å². The molecule has 1 heterocycles. The molecule has 1 aliphatic carbocycles. The van der Waals surface area contributed by atoms with Gasteiger partial charge in [-0.1, -0.05) is 27.2 Å².